The zero-order valence-electron chi connectivity index (χ0n) is 8.36. The van der Waals surface area contributed by atoms with Gasteiger partial charge in [0, 0.05) is 12.1 Å². The van der Waals surface area contributed by atoms with E-state index < -0.39 is 4.92 Å². The van der Waals surface area contributed by atoms with Crippen LogP contribution in [0.5, 0.6) is 0 Å². The quantitative estimate of drug-likeness (QED) is 0.408. The van der Waals surface area contributed by atoms with Crippen LogP contribution in [0.25, 0.3) is 6.08 Å². The molecule has 0 amide bonds. The summed E-state index contributed by atoms with van der Waals surface area (Å²) < 4.78 is 0. The van der Waals surface area contributed by atoms with Gasteiger partial charge in [0.25, 0.3) is 5.69 Å². The molecule has 0 aromatic heterocycles. The molecule has 3 heteroatoms. The molecule has 74 valence electrons. The van der Waals surface area contributed by atoms with E-state index in [1.165, 1.54) is 12.1 Å². The van der Waals surface area contributed by atoms with E-state index in [0.717, 1.165) is 5.56 Å². The molecule has 3 nitrogen and oxygen atoms in total. The summed E-state index contributed by atoms with van der Waals surface area (Å²) >= 11 is 0. The largest absolute Gasteiger partial charge is 0.269 e. The molecule has 0 radical (unpaired) electrons. The lowest BCUT2D eigenvalue weighted by atomic mass is 10.2. The summed E-state index contributed by atoms with van der Waals surface area (Å²) in [5.41, 5.74) is 3.54. The van der Waals surface area contributed by atoms with Crippen molar-refractivity contribution in [3.63, 3.8) is 0 Å². The molecule has 1 aromatic carbocycles. The Morgan fingerprint density at radius 1 is 1.36 bits per heavy atom. The predicted molar refractivity (Wildman–Crippen MR) is 58.0 cm³/mol. The minimum absolute atomic E-state index is 0.0937. The lowest BCUT2D eigenvalue weighted by Crippen LogP contribution is -1.86. The number of nitro benzene ring substituents is 1. The number of nitro groups is 1. The van der Waals surface area contributed by atoms with Crippen LogP contribution in [0.15, 0.2) is 36.6 Å². The van der Waals surface area contributed by atoms with Gasteiger partial charge >= 0.3 is 0 Å². The SMILES string of the molecule is C=C=Cc1ccc([N+](=O)[O-])cc1.CC. The van der Waals surface area contributed by atoms with Crippen molar-refractivity contribution in [3.8, 4) is 0 Å². The highest BCUT2D eigenvalue weighted by molar-refractivity contribution is 5.50. The Labute approximate surface area is 83.5 Å². The normalized spacial score (nSPS) is 7.86. The molecule has 1 aromatic rings. The van der Waals surface area contributed by atoms with E-state index in [2.05, 4.69) is 12.3 Å². The van der Waals surface area contributed by atoms with Gasteiger partial charge in [-0.05, 0) is 23.8 Å². The zero-order chi connectivity index (χ0) is 11.0. The third kappa shape index (κ3) is 3.70. The number of rotatable bonds is 2. The number of hydrogen-bond donors (Lipinski definition) is 0. The second-order valence-electron chi connectivity index (χ2n) is 2.20. The molecule has 0 saturated carbocycles. The van der Waals surface area contributed by atoms with Gasteiger partial charge in [0.15, 0.2) is 0 Å². The Balaban J connectivity index is 0.000000791. The Morgan fingerprint density at radius 3 is 2.21 bits per heavy atom. The van der Waals surface area contributed by atoms with Gasteiger partial charge in [0.1, 0.15) is 0 Å². The van der Waals surface area contributed by atoms with Crippen molar-refractivity contribution in [2.45, 2.75) is 13.8 Å². The molecule has 0 heterocycles. The molecule has 0 fully saturated rings. The smallest absolute Gasteiger partial charge is 0.258 e. The number of benzene rings is 1. The lowest BCUT2D eigenvalue weighted by molar-refractivity contribution is -0.384. The topological polar surface area (TPSA) is 43.1 Å². The van der Waals surface area contributed by atoms with Crippen molar-refractivity contribution >= 4 is 11.8 Å². The van der Waals surface area contributed by atoms with Gasteiger partial charge in [0.2, 0.25) is 0 Å². The summed E-state index contributed by atoms with van der Waals surface area (Å²) in [6, 6.07) is 6.19. The maximum Gasteiger partial charge on any atom is 0.269 e. The van der Waals surface area contributed by atoms with Crippen LogP contribution >= 0.6 is 0 Å². The Kier molecular flexibility index (Phi) is 5.75. The minimum Gasteiger partial charge on any atom is -0.258 e. The molecule has 0 saturated heterocycles. The Hall–Kier alpha value is -1.86. The van der Waals surface area contributed by atoms with Crippen LogP contribution in [0.4, 0.5) is 5.69 Å². The molecule has 0 aliphatic carbocycles. The average Bonchev–Trinajstić information content (AvgIpc) is 2.22. The molecule has 0 bridgehead atoms. The van der Waals surface area contributed by atoms with E-state index in [-0.39, 0.29) is 5.69 Å². The third-order valence-electron chi connectivity index (χ3n) is 1.37. The third-order valence-corrected chi connectivity index (χ3v) is 1.37. The van der Waals surface area contributed by atoms with Crippen molar-refractivity contribution < 1.29 is 4.92 Å². The molecule has 0 unspecified atom stereocenters. The molecule has 0 aliphatic heterocycles. The van der Waals surface area contributed by atoms with Gasteiger partial charge in [-0.2, -0.15) is 0 Å². The molecule has 1 rings (SSSR count). The first-order valence-electron chi connectivity index (χ1n) is 4.34. The maximum absolute atomic E-state index is 10.2. The first-order chi connectivity index (χ1) is 6.74. The highest BCUT2D eigenvalue weighted by atomic mass is 16.6. The van der Waals surface area contributed by atoms with E-state index in [0.29, 0.717) is 0 Å². The summed E-state index contributed by atoms with van der Waals surface area (Å²) in [6.07, 6.45) is 1.66. The van der Waals surface area contributed by atoms with Gasteiger partial charge in [0.05, 0.1) is 4.92 Å². The fraction of sp³-hybridized carbons (Fsp3) is 0.182. The summed E-state index contributed by atoms with van der Waals surface area (Å²) in [5, 5.41) is 10.2. The molecular weight excluding hydrogens is 178 g/mol. The summed E-state index contributed by atoms with van der Waals surface area (Å²) in [4.78, 5) is 9.81. The second kappa shape index (κ2) is 6.63. The van der Waals surface area contributed by atoms with Gasteiger partial charge in [-0.1, -0.05) is 20.4 Å². The van der Waals surface area contributed by atoms with Gasteiger partial charge in [-0.15, -0.1) is 5.73 Å². The van der Waals surface area contributed by atoms with Crippen molar-refractivity contribution in [3.05, 3.63) is 52.3 Å². The molecule has 14 heavy (non-hydrogen) atoms. The molecular formula is C11H13NO2. The molecule has 0 spiro atoms. The summed E-state index contributed by atoms with van der Waals surface area (Å²) in [5.74, 6) is 0. The van der Waals surface area contributed by atoms with E-state index in [9.17, 15) is 10.1 Å². The summed E-state index contributed by atoms with van der Waals surface area (Å²) in [6.45, 7) is 7.40. The van der Waals surface area contributed by atoms with E-state index in [1.807, 2.05) is 13.8 Å². The standard InChI is InChI=1S/C9H7NO2.C2H6/c1-2-3-8-4-6-9(7-5-8)10(11)12;1-2/h3-7H,1H2;1-2H3. The van der Waals surface area contributed by atoms with E-state index in [1.54, 1.807) is 18.2 Å². The molecule has 0 atom stereocenters. The van der Waals surface area contributed by atoms with E-state index in [4.69, 9.17) is 0 Å². The Bertz CT molecular complexity index is 314. The minimum atomic E-state index is -0.429. The number of non-ortho nitro benzene ring substituents is 1. The average molecular weight is 191 g/mol. The van der Waals surface area contributed by atoms with Crippen LogP contribution in [0.2, 0.25) is 0 Å². The van der Waals surface area contributed by atoms with Crippen LogP contribution in [-0.4, -0.2) is 4.92 Å². The molecule has 0 N–H and O–H groups in total. The monoisotopic (exact) mass is 191 g/mol. The van der Waals surface area contributed by atoms with Gasteiger partial charge in [-0.3, -0.25) is 10.1 Å². The maximum atomic E-state index is 10.2. The highest BCUT2D eigenvalue weighted by Gasteiger charge is 2.01. The van der Waals surface area contributed by atoms with Crippen LogP contribution < -0.4 is 0 Å². The highest BCUT2D eigenvalue weighted by Crippen LogP contribution is 2.12. The number of hydrogen-bond acceptors (Lipinski definition) is 2. The summed E-state index contributed by atoms with van der Waals surface area (Å²) in [7, 11) is 0. The number of nitrogens with zero attached hydrogens (tertiary/aromatic N) is 1. The van der Waals surface area contributed by atoms with Crippen molar-refractivity contribution in [1.82, 2.24) is 0 Å². The Morgan fingerprint density at radius 2 is 1.86 bits per heavy atom. The van der Waals surface area contributed by atoms with Gasteiger partial charge in [-0.25, -0.2) is 0 Å². The van der Waals surface area contributed by atoms with Crippen molar-refractivity contribution in [2.24, 2.45) is 0 Å². The van der Waals surface area contributed by atoms with Crippen molar-refractivity contribution in [1.29, 1.82) is 0 Å². The first kappa shape index (κ1) is 12.1. The second-order valence-corrected chi connectivity index (χ2v) is 2.20. The van der Waals surface area contributed by atoms with Crippen LogP contribution in [-0.2, 0) is 0 Å². The predicted octanol–water partition coefficient (Wildman–Crippen LogP) is 3.42. The van der Waals surface area contributed by atoms with Crippen LogP contribution in [0.1, 0.15) is 19.4 Å². The van der Waals surface area contributed by atoms with Crippen molar-refractivity contribution in [2.75, 3.05) is 0 Å². The first-order valence-corrected chi connectivity index (χ1v) is 4.34. The van der Waals surface area contributed by atoms with E-state index >= 15 is 0 Å². The van der Waals surface area contributed by atoms with Gasteiger partial charge < -0.3 is 0 Å². The van der Waals surface area contributed by atoms with Crippen LogP contribution in [0, 0.1) is 10.1 Å². The fourth-order valence-electron chi connectivity index (χ4n) is 0.810. The lowest BCUT2D eigenvalue weighted by Gasteiger charge is -1.91. The molecule has 0 aliphatic rings. The zero-order valence-corrected chi connectivity index (χ0v) is 8.36. The van der Waals surface area contributed by atoms with Crippen LogP contribution in [0.3, 0.4) is 0 Å². The fourth-order valence-corrected chi connectivity index (χ4v) is 0.810.